The SMILES string of the molecule is C=C(C)C(=O)OCCC1CCC(C2CCC(c3cc(F)c(F)c(F)c3)CC2)CC1. The third-order valence-corrected chi connectivity index (χ3v) is 6.92. The van der Waals surface area contributed by atoms with Crippen LogP contribution in [0.15, 0.2) is 24.3 Å². The highest BCUT2D eigenvalue weighted by Gasteiger charge is 2.31. The number of hydrogen-bond acceptors (Lipinski definition) is 2. The molecule has 5 heteroatoms. The lowest BCUT2D eigenvalue weighted by atomic mass is 9.68. The standard InChI is InChI=1S/C24H31F3O2/c1-15(2)24(28)29-12-11-16-3-5-17(6-4-16)18-7-9-19(10-8-18)20-13-21(25)23(27)22(26)14-20/h13-14,16-19H,1,3-12H2,2H3. The van der Waals surface area contributed by atoms with Crippen LogP contribution in [0.4, 0.5) is 13.2 Å². The first-order valence-corrected chi connectivity index (χ1v) is 10.8. The molecule has 0 radical (unpaired) electrons. The maximum absolute atomic E-state index is 13.5. The lowest BCUT2D eigenvalue weighted by molar-refractivity contribution is -0.139. The first-order valence-electron chi connectivity index (χ1n) is 10.8. The molecule has 2 fully saturated rings. The molecule has 0 aliphatic heterocycles. The van der Waals surface area contributed by atoms with Gasteiger partial charge in [-0.05, 0) is 93.2 Å². The Kier molecular flexibility index (Phi) is 7.42. The molecule has 0 heterocycles. The van der Waals surface area contributed by atoms with E-state index in [4.69, 9.17) is 4.74 Å². The Hall–Kier alpha value is -1.78. The molecule has 0 atom stereocenters. The van der Waals surface area contributed by atoms with Crippen LogP contribution in [-0.2, 0) is 9.53 Å². The average molecular weight is 409 g/mol. The van der Waals surface area contributed by atoms with Crippen molar-refractivity contribution in [2.24, 2.45) is 17.8 Å². The zero-order valence-electron chi connectivity index (χ0n) is 17.2. The monoisotopic (exact) mass is 408 g/mol. The molecule has 0 aromatic heterocycles. The van der Waals surface area contributed by atoms with Gasteiger partial charge in [0.2, 0.25) is 0 Å². The second-order valence-electron chi connectivity index (χ2n) is 8.90. The van der Waals surface area contributed by atoms with Crippen LogP contribution in [-0.4, -0.2) is 12.6 Å². The Morgan fingerprint density at radius 1 is 0.966 bits per heavy atom. The number of hydrogen-bond donors (Lipinski definition) is 0. The fraction of sp³-hybridized carbons (Fsp3) is 0.625. The lowest BCUT2D eigenvalue weighted by Gasteiger charge is -2.38. The van der Waals surface area contributed by atoms with Gasteiger partial charge in [-0.25, -0.2) is 18.0 Å². The van der Waals surface area contributed by atoms with Crippen LogP contribution in [0.1, 0.15) is 76.2 Å². The van der Waals surface area contributed by atoms with E-state index in [0.717, 1.165) is 44.2 Å². The van der Waals surface area contributed by atoms with Gasteiger partial charge in [0.1, 0.15) is 0 Å². The van der Waals surface area contributed by atoms with E-state index in [2.05, 4.69) is 6.58 Å². The van der Waals surface area contributed by atoms with Crippen molar-refractivity contribution in [3.63, 3.8) is 0 Å². The predicted octanol–water partition coefficient (Wildman–Crippen LogP) is 6.69. The highest BCUT2D eigenvalue weighted by atomic mass is 19.2. The molecule has 3 rings (SSSR count). The number of benzene rings is 1. The molecule has 0 unspecified atom stereocenters. The van der Waals surface area contributed by atoms with Gasteiger partial charge in [-0.3, -0.25) is 0 Å². The molecule has 0 spiro atoms. The summed E-state index contributed by atoms with van der Waals surface area (Å²) in [5, 5.41) is 0. The van der Waals surface area contributed by atoms with Gasteiger partial charge in [0.25, 0.3) is 0 Å². The van der Waals surface area contributed by atoms with Gasteiger partial charge in [-0.15, -0.1) is 0 Å². The van der Waals surface area contributed by atoms with Crippen molar-refractivity contribution < 1.29 is 22.7 Å². The Morgan fingerprint density at radius 3 is 2.00 bits per heavy atom. The van der Waals surface area contributed by atoms with E-state index in [1.54, 1.807) is 6.92 Å². The summed E-state index contributed by atoms with van der Waals surface area (Å²) in [6, 6.07) is 2.32. The molecule has 0 bridgehead atoms. The van der Waals surface area contributed by atoms with E-state index in [1.807, 2.05) is 0 Å². The van der Waals surface area contributed by atoms with Gasteiger partial charge in [0, 0.05) is 5.57 Å². The minimum atomic E-state index is -1.38. The summed E-state index contributed by atoms with van der Waals surface area (Å²) >= 11 is 0. The molecule has 2 aliphatic rings. The van der Waals surface area contributed by atoms with E-state index >= 15 is 0 Å². The summed E-state index contributed by atoms with van der Waals surface area (Å²) in [6.45, 7) is 5.72. The van der Waals surface area contributed by atoms with E-state index in [9.17, 15) is 18.0 Å². The van der Waals surface area contributed by atoms with Gasteiger partial charge in [0.15, 0.2) is 17.5 Å². The molecular formula is C24H31F3O2. The van der Waals surface area contributed by atoms with E-state index < -0.39 is 17.5 Å². The highest BCUT2D eigenvalue weighted by Crippen LogP contribution is 2.44. The largest absolute Gasteiger partial charge is 0.462 e. The smallest absolute Gasteiger partial charge is 0.333 e. The van der Waals surface area contributed by atoms with Crippen molar-refractivity contribution in [3.8, 4) is 0 Å². The summed E-state index contributed by atoms with van der Waals surface area (Å²) in [6.07, 6.45) is 9.61. The minimum absolute atomic E-state index is 0.121. The number of esters is 1. The van der Waals surface area contributed by atoms with Gasteiger partial charge >= 0.3 is 5.97 Å². The van der Waals surface area contributed by atoms with E-state index in [-0.39, 0.29) is 11.9 Å². The van der Waals surface area contributed by atoms with Gasteiger partial charge in [0.05, 0.1) is 6.61 Å². The van der Waals surface area contributed by atoms with Gasteiger partial charge < -0.3 is 4.74 Å². The maximum atomic E-state index is 13.5. The van der Waals surface area contributed by atoms with Crippen molar-refractivity contribution in [2.45, 2.75) is 70.6 Å². The Labute approximate surface area is 171 Å². The van der Waals surface area contributed by atoms with Crippen LogP contribution in [0.5, 0.6) is 0 Å². The van der Waals surface area contributed by atoms with Gasteiger partial charge in [-0.2, -0.15) is 0 Å². The van der Waals surface area contributed by atoms with Gasteiger partial charge in [-0.1, -0.05) is 19.4 Å². The van der Waals surface area contributed by atoms with Crippen LogP contribution in [0.3, 0.4) is 0 Å². The van der Waals surface area contributed by atoms with Crippen LogP contribution >= 0.6 is 0 Å². The van der Waals surface area contributed by atoms with Crippen molar-refractivity contribution in [1.82, 2.24) is 0 Å². The molecule has 1 aromatic carbocycles. The molecule has 29 heavy (non-hydrogen) atoms. The quantitative estimate of drug-likeness (QED) is 0.298. The zero-order chi connectivity index (χ0) is 21.0. The van der Waals surface area contributed by atoms with Crippen LogP contribution in [0.25, 0.3) is 0 Å². The first-order chi connectivity index (χ1) is 13.8. The predicted molar refractivity (Wildman–Crippen MR) is 107 cm³/mol. The molecule has 2 saturated carbocycles. The van der Waals surface area contributed by atoms with Crippen molar-refractivity contribution in [2.75, 3.05) is 6.61 Å². The maximum Gasteiger partial charge on any atom is 0.333 e. The minimum Gasteiger partial charge on any atom is -0.462 e. The average Bonchev–Trinajstić information content (AvgIpc) is 2.72. The number of carbonyl (C=O) groups excluding carboxylic acids is 1. The first kappa shape index (κ1) is 21.9. The molecule has 0 amide bonds. The van der Waals surface area contributed by atoms with E-state index in [0.29, 0.717) is 35.5 Å². The number of carbonyl (C=O) groups is 1. The third kappa shape index (κ3) is 5.64. The van der Waals surface area contributed by atoms with Crippen molar-refractivity contribution in [1.29, 1.82) is 0 Å². The fourth-order valence-electron chi connectivity index (χ4n) is 5.12. The number of ether oxygens (including phenoxy) is 1. The molecule has 1 aromatic rings. The second-order valence-corrected chi connectivity index (χ2v) is 8.90. The summed E-state index contributed by atoms with van der Waals surface area (Å²) < 4.78 is 45.4. The van der Waals surface area contributed by atoms with Crippen LogP contribution in [0, 0.1) is 35.2 Å². The highest BCUT2D eigenvalue weighted by molar-refractivity contribution is 5.86. The van der Waals surface area contributed by atoms with Crippen molar-refractivity contribution in [3.05, 3.63) is 47.3 Å². The lowest BCUT2D eigenvalue weighted by Crippen LogP contribution is -2.26. The molecule has 0 saturated heterocycles. The number of rotatable bonds is 6. The molecule has 2 nitrogen and oxygen atoms in total. The molecular weight excluding hydrogens is 377 g/mol. The summed E-state index contributed by atoms with van der Waals surface area (Å²) in [5.74, 6) is -1.75. The summed E-state index contributed by atoms with van der Waals surface area (Å²) in [4.78, 5) is 11.4. The van der Waals surface area contributed by atoms with Crippen LogP contribution < -0.4 is 0 Å². The summed E-state index contributed by atoms with van der Waals surface area (Å²) in [7, 11) is 0. The Bertz CT molecular complexity index is 707. The Morgan fingerprint density at radius 2 is 1.48 bits per heavy atom. The topological polar surface area (TPSA) is 26.3 Å². The Balaban J connectivity index is 1.41. The number of halogens is 3. The second kappa shape index (κ2) is 9.82. The molecule has 0 N–H and O–H groups in total. The van der Waals surface area contributed by atoms with Crippen molar-refractivity contribution >= 4 is 5.97 Å². The fourth-order valence-corrected chi connectivity index (χ4v) is 5.12. The van der Waals surface area contributed by atoms with E-state index in [1.165, 1.54) is 25.7 Å². The molecule has 2 aliphatic carbocycles. The normalized spacial score (nSPS) is 27.4. The van der Waals surface area contributed by atoms with Crippen LogP contribution in [0.2, 0.25) is 0 Å². The summed E-state index contributed by atoms with van der Waals surface area (Å²) in [5.41, 5.74) is 1.03. The molecule has 160 valence electrons. The third-order valence-electron chi connectivity index (χ3n) is 6.92. The zero-order valence-corrected chi connectivity index (χ0v) is 17.2.